The van der Waals surface area contributed by atoms with Crippen molar-refractivity contribution in [1.82, 2.24) is 14.5 Å². The topological polar surface area (TPSA) is 49.2 Å². The predicted octanol–water partition coefficient (Wildman–Crippen LogP) is 2.65. The van der Waals surface area contributed by atoms with Gasteiger partial charge in [0.25, 0.3) is 0 Å². The Hall–Kier alpha value is -0.980. The number of hydrogen-bond donors (Lipinski definition) is 0. The van der Waals surface area contributed by atoms with Crippen LogP contribution in [0.2, 0.25) is 0 Å². The Morgan fingerprint density at radius 3 is 3.00 bits per heavy atom. The highest BCUT2D eigenvalue weighted by atomic mass is 79.9. The maximum atomic E-state index is 5.82. The van der Waals surface area contributed by atoms with E-state index in [0.29, 0.717) is 13.2 Å². The minimum absolute atomic E-state index is 0.0400. The van der Waals surface area contributed by atoms with Gasteiger partial charge in [0.05, 0.1) is 25.2 Å². The smallest absolute Gasteiger partial charge is 0.163 e. The Balaban J connectivity index is 1.88. The monoisotopic (exact) mass is 325 g/mol. The molecule has 1 atom stereocenters. The molecule has 3 rings (SSSR count). The summed E-state index contributed by atoms with van der Waals surface area (Å²) in [5.41, 5.74) is 2.72. The molecule has 0 aromatic carbocycles. The van der Waals surface area contributed by atoms with Gasteiger partial charge in [-0.05, 0) is 42.8 Å². The van der Waals surface area contributed by atoms with Crippen LogP contribution in [-0.4, -0.2) is 33.0 Å². The first kappa shape index (κ1) is 13.0. The number of imidazole rings is 1. The summed E-state index contributed by atoms with van der Waals surface area (Å²) < 4.78 is 14.4. The molecule has 0 saturated carbocycles. The molecule has 19 heavy (non-hydrogen) atoms. The van der Waals surface area contributed by atoms with Gasteiger partial charge in [-0.3, -0.25) is 0 Å². The molecule has 1 aliphatic rings. The summed E-state index contributed by atoms with van der Waals surface area (Å²) in [5.74, 6) is -0.493. The maximum absolute atomic E-state index is 5.82. The molecule has 0 bridgehead atoms. The van der Waals surface area contributed by atoms with Gasteiger partial charge in [-0.25, -0.2) is 9.97 Å². The van der Waals surface area contributed by atoms with Crippen molar-refractivity contribution in [3.05, 3.63) is 22.6 Å². The Bertz CT molecular complexity index is 624. The number of hydrogen-bond acceptors (Lipinski definition) is 4. The van der Waals surface area contributed by atoms with Gasteiger partial charge in [-0.15, -0.1) is 0 Å². The zero-order valence-electron chi connectivity index (χ0n) is 11.2. The number of ether oxygens (including phenoxy) is 2. The van der Waals surface area contributed by atoms with Crippen LogP contribution in [0.3, 0.4) is 0 Å². The largest absolute Gasteiger partial charge is 0.348 e. The molecule has 1 saturated heterocycles. The number of rotatable bonds is 2. The van der Waals surface area contributed by atoms with E-state index in [2.05, 4.69) is 25.9 Å². The first-order chi connectivity index (χ1) is 8.94. The SMILES string of the molecule is Cc1nc2c(cc1Br)ncn2CC1COC(C)(C)O1. The summed E-state index contributed by atoms with van der Waals surface area (Å²) in [7, 11) is 0. The van der Waals surface area contributed by atoms with Gasteiger partial charge in [0.2, 0.25) is 0 Å². The average molecular weight is 326 g/mol. The molecule has 1 fully saturated rings. The van der Waals surface area contributed by atoms with Crippen LogP contribution >= 0.6 is 15.9 Å². The summed E-state index contributed by atoms with van der Waals surface area (Å²) in [6.45, 7) is 7.13. The van der Waals surface area contributed by atoms with E-state index in [4.69, 9.17) is 9.47 Å². The van der Waals surface area contributed by atoms with E-state index >= 15 is 0 Å². The Labute approximate surface area is 120 Å². The molecule has 0 aliphatic carbocycles. The first-order valence-corrected chi connectivity index (χ1v) is 7.04. The van der Waals surface area contributed by atoms with Gasteiger partial charge in [0, 0.05) is 4.47 Å². The molecule has 1 aliphatic heterocycles. The number of aromatic nitrogens is 3. The highest BCUT2D eigenvalue weighted by molar-refractivity contribution is 9.10. The maximum Gasteiger partial charge on any atom is 0.163 e. The third kappa shape index (κ3) is 2.52. The molecule has 2 aromatic rings. The van der Waals surface area contributed by atoms with Crippen molar-refractivity contribution >= 4 is 27.1 Å². The Morgan fingerprint density at radius 1 is 1.53 bits per heavy atom. The van der Waals surface area contributed by atoms with Crippen LogP contribution in [0.5, 0.6) is 0 Å². The van der Waals surface area contributed by atoms with Gasteiger partial charge in [0.1, 0.15) is 11.6 Å². The molecule has 3 heterocycles. The number of halogens is 1. The molecule has 1 unspecified atom stereocenters. The molecule has 0 amide bonds. The van der Waals surface area contributed by atoms with Crippen molar-refractivity contribution in [1.29, 1.82) is 0 Å². The van der Waals surface area contributed by atoms with Crippen LogP contribution in [0.15, 0.2) is 16.9 Å². The molecule has 6 heteroatoms. The fourth-order valence-corrected chi connectivity index (χ4v) is 2.56. The standard InChI is InChI=1S/C13H16BrN3O2/c1-8-10(14)4-11-12(16-8)17(7-15-11)5-9-6-18-13(2,3)19-9/h4,7,9H,5-6H2,1-3H3. The second-order valence-corrected chi connectivity index (χ2v) is 6.10. The zero-order valence-corrected chi connectivity index (χ0v) is 12.8. The van der Waals surface area contributed by atoms with E-state index in [-0.39, 0.29) is 6.10 Å². The third-order valence-corrected chi connectivity index (χ3v) is 3.99. The molecule has 5 nitrogen and oxygen atoms in total. The van der Waals surface area contributed by atoms with Crippen molar-refractivity contribution < 1.29 is 9.47 Å². The van der Waals surface area contributed by atoms with E-state index < -0.39 is 5.79 Å². The van der Waals surface area contributed by atoms with E-state index in [1.807, 2.05) is 31.4 Å². The molecular weight excluding hydrogens is 310 g/mol. The first-order valence-electron chi connectivity index (χ1n) is 6.24. The molecule has 0 N–H and O–H groups in total. The highest BCUT2D eigenvalue weighted by Crippen LogP contribution is 2.25. The van der Waals surface area contributed by atoms with Crippen molar-refractivity contribution in [3.8, 4) is 0 Å². The van der Waals surface area contributed by atoms with E-state index in [1.54, 1.807) is 6.33 Å². The summed E-state index contributed by atoms with van der Waals surface area (Å²) in [5, 5.41) is 0. The summed E-state index contributed by atoms with van der Waals surface area (Å²) in [6, 6.07) is 1.99. The summed E-state index contributed by atoms with van der Waals surface area (Å²) >= 11 is 3.47. The minimum atomic E-state index is -0.493. The van der Waals surface area contributed by atoms with Gasteiger partial charge in [0.15, 0.2) is 11.4 Å². The van der Waals surface area contributed by atoms with Crippen LogP contribution in [0.1, 0.15) is 19.5 Å². The Kier molecular flexibility index (Phi) is 3.11. The number of fused-ring (bicyclic) bond motifs is 1. The molecular formula is C13H16BrN3O2. The predicted molar refractivity (Wildman–Crippen MR) is 74.9 cm³/mol. The highest BCUT2D eigenvalue weighted by Gasteiger charge is 2.33. The van der Waals surface area contributed by atoms with Crippen LogP contribution in [-0.2, 0) is 16.0 Å². The number of pyridine rings is 1. The van der Waals surface area contributed by atoms with E-state index in [9.17, 15) is 0 Å². The van der Waals surface area contributed by atoms with Gasteiger partial charge in [-0.1, -0.05) is 0 Å². The van der Waals surface area contributed by atoms with Gasteiger partial charge in [-0.2, -0.15) is 0 Å². The van der Waals surface area contributed by atoms with Crippen LogP contribution in [0.4, 0.5) is 0 Å². The van der Waals surface area contributed by atoms with Crippen molar-refractivity contribution in [3.63, 3.8) is 0 Å². The molecule has 2 aromatic heterocycles. The molecule has 102 valence electrons. The van der Waals surface area contributed by atoms with Crippen molar-refractivity contribution in [2.75, 3.05) is 6.61 Å². The van der Waals surface area contributed by atoms with Crippen molar-refractivity contribution in [2.24, 2.45) is 0 Å². The summed E-state index contributed by atoms with van der Waals surface area (Å²) in [6.07, 6.45) is 1.84. The fraction of sp³-hybridized carbons (Fsp3) is 0.538. The summed E-state index contributed by atoms with van der Waals surface area (Å²) in [4.78, 5) is 8.94. The van der Waals surface area contributed by atoms with E-state index in [1.165, 1.54) is 0 Å². The van der Waals surface area contributed by atoms with E-state index in [0.717, 1.165) is 21.3 Å². The van der Waals surface area contributed by atoms with Crippen LogP contribution < -0.4 is 0 Å². The quantitative estimate of drug-likeness (QED) is 0.851. The minimum Gasteiger partial charge on any atom is -0.348 e. The van der Waals surface area contributed by atoms with Gasteiger partial charge < -0.3 is 14.0 Å². The van der Waals surface area contributed by atoms with Crippen molar-refractivity contribution in [2.45, 2.75) is 39.2 Å². The number of nitrogens with zero attached hydrogens (tertiary/aromatic N) is 3. The molecule has 0 spiro atoms. The lowest BCUT2D eigenvalue weighted by Gasteiger charge is -2.17. The fourth-order valence-electron chi connectivity index (χ4n) is 2.26. The average Bonchev–Trinajstić information content (AvgIpc) is 2.85. The number of aryl methyl sites for hydroxylation is 1. The van der Waals surface area contributed by atoms with Crippen LogP contribution in [0.25, 0.3) is 11.2 Å². The lowest BCUT2D eigenvalue weighted by Crippen LogP contribution is -2.24. The molecule has 0 radical (unpaired) electrons. The third-order valence-electron chi connectivity index (χ3n) is 3.19. The second kappa shape index (κ2) is 4.54. The normalized spacial score (nSPS) is 22.2. The second-order valence-electron chi connectivity index (χ2n) is 5.25. The zero-order chi connectivity index (χ0) is 13.6. The lowest BCUT2D eigenvalue weighted by molar-refractivity contribution is -0.139. The lowest BCUT2D eigenvalue weighted by atomic mass is 10.3. The van der Waals surface area contributed by atoms with Crippen LogP contribution in [0, 0.1) is 6.92 Å². The van der Waals surface area contributed by atoms with Gasteiger partial charge >= 0.3 is 0 Å². The Morgan fingerprint density at radius 2 is 2.32 bits per heavy atom.